The molecule has 0 atom stereocenters. The molecule has 0 saturated heterocycles. The molecular weight excluding hydrogens is 410 g/mol. The predicted molar refractivity (Wildman–Crippen MR) is 90.9 cm³/mol. The lowest BCUT2D eigenvalue weighted by molar-refractivity contribution is -0.439. The van der Waals surface area contributed by atoms with Gasteiger partial charge in [-0.25, -0.2) is 0 Å². The van der Waals surface area contributed by atoms with E-state index in [1.165, 1.54) is 6.07 Å². The van der Waals surface area contributed by atoms with Crippen LogP contribution in [0, 0.1) is 0 Å². The third-order valence-corrected chi connectivity index (χ3v) is 5.66. The first-order chi connectivity index (χ1) is 11.0. The van der Waals surface area contributed by atoms with Crippen molar-refractivity contribution in [2.45, 2.75) is 56.8 Å². The fraction of sp³-hybridized carbons (Fsp3) is 0.529. The highest BCUT2D eigenvalue weighted by molar-refractivity contribution is 7.85. The lowest BCUT2D eigenvalue weighted by atomic mass is 9.82. The first kappa shape index (κ1) is 21.8. The minimum Gasteiger partial charge on any atom is -1.00 e. The predicted octanol–water partition coefficient (Wildman–Crippen LogP) is -0.0216. The van der Waals surface area contributed by atoms with Crippen LogP contribution < -0.4 is 17.0 Å². The number of carboxylic acids is 1. The van der Waals surface area contributed by atoms with Crippen LogP contribution in [-0.4, -0.2) is 40.9 Å². The van der Waals surface area contributed by atoms with Crippen LogP contribution in [0.3, 0.4) is 0 Å². The average Bonchev–Trinajstić information content (AvgIpc) is 2.66. The Bertz CT molecular complexity index is 799. The number of hydrogen-bond acceptors (Lipinski definition) is 3. The highest BCUT2D eigenvalue weighted by Crippen LogP contribution is 2.40. The van der Waals surface area contributed by atoms with E-state index in [4.69, 9.17) is 5.11 Å². The number of aliphatic carboxylic acids is 1. The zero-order valence-corrected chi connectivity index (χ0v) is 17.0. The highest BCUT2D eigenvalue weighted by atomic mass is 79.9. The molecule has 0 fully saturated rings. The number of carboxylic acid groups (broad SMARTS) is 1. The van der Waals surface area contributed by atoms with Crippen molar-refractivity contribution in [1.82, 2.24) is 0 Å². The fourth-order valence-electron chi connectivity index (χ4n) is 3.14. The Balaban J connectivity index is 0.00000312. The van der Waals surface area contributed by atoms with Gasteiger partial charge in [-0.3, -0.25) is 9.35 Å². The first-order valence-corrected chi connectivity index (χ1v) is 9.44. The third-order valence-electron chi connectivity index (χ3n) is 4.81. The quantitative estimate of drug-likeness (QED) is 0.357. The summed E-state index contributed by atoms with van der Waals surface area (Å²) < 4.78 is 34.2. The number of benzene rings is 1. The van der Waals surface area contributed by atoms with Crippen LogP contribution >= 0.6 is 0 Å². The molecule has 25 heavy (non-hydrogen) atoms. The number of carbonyl (C=O) groups is 1. The van der Waals surface area contributed by atoms with Gasteiger partial charge in [0.2, 0.25) is 5.69 Å². The summed E-state index contributed by atoms with van der Waals surface area (Å²) in [4.78, 5) is 10.5. The van der Waals surface area contributed by atoms with Gasteiger partial charge >= 0.3 is 5.97 Å². The van der Waals surface area contributed by atoms with E-state index in [9.17, 15) is 17.8 Å². The van der Waals surface area contributed by atoms with E-state index in [1.54, 1.807) is 12.1 Å². The molecule has 0 radical (unpaired) electrons. The third kappa shape index (κ3) is 4.68. The molecule has 0 bridgehead atoms. The summed E-state index contributed by atoms with van der Waals surface area (Å²) >= 11 is 0. The molecule has 0 saturated carbocycles. The van der Waals surface area contributed by atoms with Gasteiger partial charge in [-0.15, -0.1) is 0 Å². The van der Waals surface area contributed by atoms with Crippen LogP contribution in [0.4, 0.5) is 5.69 Å². The largest absolute Gasteiger partial charge is 1.00 e. The van der Waals surface area contributed by atoms with Gasteiger partial charge in [0.1, 0.15) is 6.54 Å². The summed E-state index contributed by atoms with van der Waals surface area (Å²) in [5.74, 6) is -0.775. The number of hydrogen-bond donors (Lipinski definition) is 2. The second-order valence-corrected chi connectivity index (χ2v) is 8.14. The van der Waals surface area contributed by atoms with Crippen LogP contribution in [0.5, 0.6) is 0 Å². The second kappa shape index (κ2) is 7.97. The minimum atomic E-state index is -4.23. The lowest BCUT2D eigenvalue weighted by Gasteiger charge is -2.15. The Kier molecular flexibility index (Phi) is 6.95. The monoisotopic (exact) mass is 433 g/mol. The maximum atomic E-state index is 11.4. The van der Waals surface area contributed by atoms with Crippen LogP contribution in [0.25, 0.3) is 0 Å². The summed E-state index contributed by atoms with van der Waals surface area (Å²) in [7, 11) is -4.23. The van der Waals surface area contributed by atoms with E-state index < -0.39 is 16.1 Å². The molecule has 0 aliphatic carbocycles. The number of halogens is 1. The molecule has 1 aromatic rings. The molecule has 0 aromatic heterocycles. The highest BCUT2D eigenvalue weighted by Gasteiger charge is 2.43. The van der Waals surface area contributed by atoms with Crippen molar-refractivity contribution in [2.75, 3.05) is 6.54 Å². The van der Waals surface area contributed by atoms with Crippen LogP contribution in [0.2, 0.25) is 0 Å². The lowest BCUT2D eigenvalue weighted by Crippen LogP contribution is -3.00. The molecule has 0 unspecified atom stereocenters. The van der Waals surface area contributed by atoms with E-state index in [0.717, 1.165) is 36.3 Å². The Morgan fingerprint density at radius 1 is 1.20 bits per heavy atom. The van der Waals surface area contributed by atoms with E-state index in [0.29, 0.717) is 6.42 Å². The number of fused-ring (bicyclic) bond motifs is 1. The topological polar surface area (TPSA) is 94.7 Å². The standard InChI is InChI=1S/C17H23NO5S.BrH/c1-12-17(2,3)14-11-13(24(21,22)23)8-9-15(14)18(12)10-6-4-5-7-16(19)20;/h8-9,11H,4-7,10H2,1-3H3,(H-,19,20,21,22,23);1H. The Labute approximate surface area is 159 Å². The summed E-state index contributed by atoms with van der Waals surface area (Å²) in [5.41, 5.74) is 2.61. The zero-order valence-electron chi connectivity index (χ0n) is 14.6. The molecule has 8 heteroatoms. The van der Waals surface area contributed by atoms with Crippen molar-refractivity contribution in [1.29, 1.82) is 0 Å². The first-order valence-electron chi connectivity index (χ1n) is 8.00. The Hall–Kier alpha value is -1.25. The fourth-order valence-corrected chi connectivity index (χ4v) is 3.64. The Morgan fingerprint density at radius 2 is 1.84 bits per heavy atom. The molecule has 2 N–H and O–H groups in total. The number of rotatable bonds is 7. The van der Waals surface area contributed by atoms with Crippen molar-refractivity contribution in [3.63, 3.8) is 0 Å². The number of unbranched alkanes of at least 4 members (excludes halogenated alkanes) is 2. The zero-order chi connectivity index (χ0) is 18.1. The van der Waals surface area contributed by atoms with Gasteiger partial charge in [0.15, 0.2) is 5.71 Å². The molecular formula is C17H24BrNO5S. The summed E-state index contributed by atoms with van der Waals surface area (Å²) in [6.07, 6.45) is 2.53. The van der Waals surface area contributed by atoms with E-state index in [2.05, 4.69) is 4.58 Å². The molecule has 140 valence electrons. The van der Waals surface area contributed by atoms with Gasteiger partial charge in [0, 0.05) is 31.4 Å². The molecule has 2 rings (SSSR count). The van der Waals surface area contributed by atoms with Gasteiger partial charge in [0.25, 0.3) is 10.1 Å². The summed E-state index contributed by atoms with van der Waals surface area (Å²) in [6.45, 7) is 6.83. The Morgan fingerprint density at radius 3 is 2.40 bits per heavy atom. The van der Waals surface area contributed by atoms with Gasteiger partial charge in [-0.1, -0.05) is 0 Å². The van der Waals surface area contributed by atoms with Crippen LogP contribution in [-0.2, 0) is 20.3 Å². The van der Waals surface area contributed by atoms with Crippen molar-refractivity contribution in [3.8, 4) is 0 Å². The maximum absolute atomic E-state index is 11.4. The van der Waals surface area contributed by atoms with Crippen molar-refractivity contribution >= 4 is 27.5 Å². The molecule has 1 aliphatic heterocycles. The SMILES string of the molecule is CC1=[N+](CCCCCC(=O)O)c2ccc(S(=O)(=O)O)cc2C1(C)C.[Br-]. The van der Waals surface area contributed by atoms with E-state index in [1.807, 2.05) is 20.8 Å². The minimum absolute atomic E-state index is 0. The van der Waals surface area contributed by atoms with Gasteiger partial charge in [-0.2, -0.15) is 13.0 Å². The second-order valence-electron chi connectivity index (χ2n) is 6.72. The molecule has 0 amide bonds. The van der Waals surface area contributed by atoms with Crippen molar-refractivity contribution in [2.24, 2.45) is 0 Å². The van der Waals surface area contributed by atoms with Crippen molar-refractivity contribution < 1.29 is 44.4 Å². The summed E-state index contributed by atoms with van der Waals surface area (Å²) in [6, 6.07) is 4.69. The van der Waals surface area contributed by atoms with Gasteiger partial charge in [-0.05, 0) is 38.8 Å². The molecule has 1 aromatic carbocycles. The van der Waals surface area contributed by atoms with Crippen LogP contribution in [0.1, 0.15) is 52.0 Å². The van der Waals surface area contributed by atoms with E-state index in [-0.39, 0.29) is 33.7 Å². The summed E-state index contributed by atoms with van der Waals surface area (Å²) in [5, 5.41) is 8.67. The van der Waals surface area contributed by atoms with E-state index >= 15 is 0 Å². The van der Waals surface area contributed by atoms with Gasteiger partial charge < -0.3 is 22.1 Å². The normalized spacial score (nSPS) is 15.7. The number of nitrogens with zero attached hydrogens (tertiary/aromatic N) is 1. The molecule has 1 aliphatic rings. The smallest absolute Gasteiger partial charge is 0.303 e. The average molecular weight is 434 g/mol. The van der Waals surface area contributed by atoms with Crippen LogP contribution in [0.15, 0.2) is 23.1 Å². The molecule has 1 heterocycles. The molecule has 6 nitrogen and oxygen atoms in total. The molecule has 0 spiro atoms. The van der Waals surface area contributed by atoms with Crippen molar-refractivity contribution in [3.05, 3.63) is 23.8 Å². The maximum Gasteiger partial charge on any atom is 0.303 e. The van der Waals surface area contributed by atoms with Gasteiger partial charge in [0.05, 0.1) is 10.3 Å².